The molecule has 11 heteroatoms. The highest BCUT2D eigenvalue weighted by Crippen LogP contribution is 2.45. The third-order valence-electron chi connectivity index (χ3n) is 5.13. The normalized spacial score (nSPS) is 17.7. The van der Waals surface area contributed by atoms with Crippen LogP contribution in [0.5, 0.6) is 0 Å². The van der Waals surface area contributed by atoms with Crippen molar-refractivity contribution in [3.8, 4) is 0 Å². The number of rotatable bonds is 4. The van der Waals surface area contributed by atoms with E-state index >= 15 is 0 Å². The number of hydrogen-bond donors (Lipinski definition) is 1. The molecule has 4 aromatic rings. The van der Waals surface area contributed by atoms with Crippen LogP contribution in [0.15, 0.2) is 65.6 Å². The lowest BCUT2D eigenvalue weighted by molar-refractivity contribution is -0.384. The van der Waals surface area contributed by atoms with Gasteiger partial charge in [0, 0.05) is 27.6 Å². The van der Waals surface area contributed by atoms with Crippen LogP contribution in [-0.4, -0.2) is 26.7 Å². The second kappa shape index (κ2) is 8.07. The van der Waals surface area contributed by atoms with E-state index in [1.807, 2.05) is 0 Å². The predicted octanol–water partition coefficient (Wildman–Crippen LogP) is 5.55. The van der Waals surface area contributed by atoms with E-state index < -0.39 is 28.4 Å². The number of halogens is 1. The Labute approximate surface area is 199 Å². The minimum atomic E-state index is -0.930. The van der Waals surface area contributed by atoms with Gasteiger partial charge in [0.25, 0.3) is 11.5 Å². The number of nitrogens with zero attached hydrogens (tertiary/aromatic N) is 3. The van der Waals surface area contributed by atoms with Crippen LogP contribution in [-0.2, 0) is 9.59 Å². The van der Waals surface area contributed by atoms with Crippen molar-refractivity contribution in [1.82, 2.24) is 4.98 Å². The molecule has 1 atom stereocenters. The van der Waals surface area contributed by atoms with Crippen molar-refractivity contribution in [2.45, 2.75) is 6.04 Å². The van der Waals surface area contributed by atoms with E-state index in [9.17, 15) is 24.8 Å². The average Bonchev–Trinajstić information content (AvgIpc) is 3.52. The van der Waals surface area contributed by atoms with Crippen molar-refractivity contribution in [2.75, 3.05) is 4.90 Å². The van der Waals surface area contributed by atoms with E-state index in [0.29, 0.717) is 15.4 Å². The smallest absolute Gasteiger partial charge is 0.301 e. The molecule has 1 saturated heterocycles. The van der Waals surface area contributed by atoms with Gasteiger partial charge in [-0.05, 0) is 29.6 Å². The fourth-order valence-corrected chi connectivity index (χ4v) is 5.75. The van der Waals surface area contributed by atoms with Crippen molar-refractivity contribution >= 4 is 72.8 Å². The Kier molecular flexibility index (Phi) is 5.20. The summed E-state index contributed by atoms with van der Waals surface area (Å²) >= 11 is 8.59. The van der Waals surface area contributed by atoms with Crippen LogP contribution in [0, 0.1) is 10.1 Å². The van der Waals surface area contributed by atoms with Crippen molar-refractivity contribution in [1.29, 1.82) is 0 Å². The van der Waals surface area contributed by atoms with E-state index in [4.69, 9.17) is 11.6 Å². The summed E-state index contributed by atoms with van der Waals surface area (Å²) < 4.78 is 0.739. The molecule has 1 unspecified atom stereocenters. The summed E-state index contributed by atoms with van der Waals surface area (Å²) in [6, 6.07) is 13.0. The number of thiophene rings is 1. The number of ketones is 1. The van der Waals surface area contributed by atoms with Gasteiger partial charge in [-0.2, -0.15) is 0 Å². The number of aliphatic hydroxyl groups excluding tert-OH is 1. The average molecular weight is 498 g/mol. The third kappa shape index (κ3) is 3.58. The lowest BCUT2D eigenvalue weighted by atomic mass is 9.99. The number of anilines is 1. The molecular weight excluding hydrogens is 486 g/mol. The third-order valence-corrected chi connectivity index (χ3v) is 7.31. The van der Waals surface area contributed by atoms with E-state index in [2.05, 4.69) is 4.98 Å². The Hall–Kier alpha value is -3.60. The number of hydrogen-bond acceptors (Lipinski definition) is 8. The Morgan fingerprint density at radius 2 is 1.97 bits per heavy atom. The zero-order valence-electron chi connectivity index (χ0n) is 16.5. The molecular formula is C22H12ClN3O5S2. The molecule has 0 spiro atoms. The molecule has 1 aliphatic heterocycles. The maximum absolute atomic E-state index is 13.1. The number of carbonyl (C=O) groups is 2. The number of nitro benzene ring substituents is 1. The molecule has 0 aliphatic carbocycles. The molecule has 164 valence electrons. The maximum atomic E-state index is 13.1. The molecule has 2 aromatic heterocycles. The highest BCUT2D eigenvalue weighted by atomic mass is 35.5. The monoisotopic (exact) mass is 497 g/mol. The minimum Gasteiger partial charge on any atom is -0.507 e. The quantitative estimate of drug-likeness (QED) is 0.130. The first-order chi connectivity index (χ1) is 15.8. The largest absolute Gasteiger partial charge is 0.507 e. The van der Waals surface area contributed by atoms with Gasteiger partial charge in [-0.25, -0.2) is 4.98 Å². The SMILES string of the molecule is O=C1C(=O)N(c2nc3ccc(Cl)cc3s2)C(c2cccs2)/C1=C(\O)c1cccc([N+](=O)[O-])c1. The maximum Gasteiger partial charge on any atom is 0.301 e. The highest BCUT2D eigenvalue weighted by molar-refractivity contribution is 7.22. The van der Waals surface area contributed by atoms with Crippen molar-refractivity contribution < 1.29 is 19.6 Å². The second-order valence-electron chi connectivity index (χ2n) is 7.10. The number of thiazole rings is 1. The fourth-order valence-electron chi connectivity index (χ4n) is 3.66. The number of amides is 1. The summed E-state index contributed by atoms with van der Waals surface area (Å²) in [6.45, 7) is 0. The molecule has 1 amide bonds. The summed E-state index contributed by atoms with van der Waals surface area (Å²) in [5.74, 6) is -2.22. The standard InChI is InChI=1S/C22H12ClN3O5S2/c23-12-6-7-14-16(10-12)33-22(24-14)25-18(15-5-2-8-32-15)17(20(28)21(25)29)19(27)11-3-1-4-13(9-11)26(30)31/h1-10,18,27H/b19-17+. The minimum absolute atomic E-state index is 0.0693. The van der Waals surface area contributed by atoms with Crippen LogP contribution in [0.2, 0.25) is 5.02 Å². The molecule has 5 rings (SSSR count). The van der Waals surface area contributed by atoms with Gasteiger partial charge in [0.15, 0.2) is 5.13 Å². The van der Waals surface area contributed by atoms with Crippen LogP contribution in [0.3, 0.4) is 0 Å². The molecule has 0 bridgehead atoms. The fraction of sp³-hybridized carbons (Fsp3) is 0.0455. The molecule has 0 radical (unpaired) electrons. The lowest BCUT2D eigenvalue weighted by Gasteiger charge is -2.21. The van der Waals surface area contributed by atoms with E-state index in [1.165, 1.54) is 45.8 Å². The molecule has 33 heavy (non-hydrogen) atoms. The van der Waals surface area contributed by atoms with Crippen LogP contribution >= 0.6 is 34.3 Å². The van der Waals surface area contributed by atoms with Gasteiger partial charge in [-0.15, -0.1) is 11.3 Å². The number of Topliss-reactive ketones (excluding diaryl/α,β-unsaturated/α-hetero) is 1. The predicted molar refractivity (Wildman–Crippen MR) is 127 cm³/mol. The molecule has 1 fully saturated rings. The molecule has 1 N–H and O–H groups in total. The number of non-ortho nitro benzene ring substituents is 1. The van der Waals surface area contributed by atoms with Crippen molar-refractivity contribution in [3.63, 3.8) is 0 Å². The van der Waals surface area contributed by atoms with Gasteiger partial charge in [0.1, 0.15) is 11.8 Å². The van der Waals surface area contributed by atoms with E-state index in [0.717, 1.165) is 10.8 Å². The van der Waals surface area contributed by atoms with Gasteiger partial charge >= 0.3 is 5.91 Å². The zero-order chi connectivity index (χ0) is 23.3. The van der Waals surface area contributed by atoms with Gasteiger partial charge in [0.05, 0.1) is 20.7 Å². The van der Waals surface area contributed by atoms with E-state index in [-0.39, 0.29) is 22.0 Å². The molecule has 8 nitrogen and oxygen atoms in total. The highest BCUT2D eigenvalue weighted by Gasteiger charge is 2.48. The molecule has 1 aliphatic rings. The first-order valence-electron chi connectivity index (χ1n) is 9.50. The van der Waals surface area contributed by atoms with Gasteiger partial charge in [-0.3, -0.25) is 24.6 Å². The summed E-state index contributed by atoms with van der Waals surface area (Å²) in [4.78, 5) is 43.2. The zero-order valence-corrected chi connectivity index (χ0v) is 18.9. The number of aliphatic hydroxyl groups is 1. The Balaban J connectivity index is 1.71. The van der Waals surface area contributed by atoms with Gasteiger partial charge in [0.2, 0.25) is 0 Å². The summed E-state index contributed by atoms with van der Waals surface area (Å²) in [6.07, 6.45) is 0. The van der Waals surface area contributed by atoms with Crippen LogP contribution in [0.1, 0.15) is 16.5 Å². The van der Waals surface area contributed by atoms with Crippen LogP contribution in [0.25, 0.3) is 16.0 Å². The Morgan fingerprint density at radius 1 is 1.15 bits per heavy atom. The number of benzene rings is 2. The van der Waals surface area contributed by atoms with Gasteiger partial charge < -0.3 is 5.11 Å². The van der Waals surface area contributed by atoms with Crippen LogP contribution in [0.4, 0.5) is 10.8 Å². The molecule has 2 aromatic carbocycles. The van der Waals surface area contributed by atoms with Crippen molar-refractivity contribution in [2.24, 2.45) is 0 Å². The number of nitro groups is 1. The summed E-state index contributed by atoms with van der Waals surface area (Å²) in [7, 11) is 0. The summed E-state index contributed by atoms with van der Waals surface area (Å²) in [5.41, 5.74) is 0.286. The Morgan fingerprint density at radius 3 is 2.70 bits per heavy atom. The second-order valence-corrected chi connectivity index (χ2v) is 9.53. The van der Waals surface area contributed by atoms with Crippen LogP contribution < -0.4 is 4.90 Å². The number of fused-ring (bicyclic) bond motifs is 1. The van der Waals surface area contributed by atoms with Gasteiger partial charge in [-0.1, -0.05) is 41.1 Å². The molecule has 3 heterocycles. The first-order valence-corrected chi connectivity index (χ1v) is 11.6. The summed E-state index contributed by atoms with van der Waals surface area (Å²) in [5, 5.41) is 24.8. The topological polar surface area (TPSA) is 114 Å². The Bertz CT molecular complexity index is 1480. The first kappa shape index (κ1) is 21.3. The number of carbonyl (C=O) groups excluding carboxylic acids is 2. The molecule has 0 saturated carbocycles. The lowest BCUT2D eigenvalue weighted by Crippen LogP contribution is -2.28. The number of aromatic nitrogens is 1. The van der Waals surface area contributed by atoms with Crippen molar-refractivity contribution in [3.05, 3.63) is 91.1 Å². The van der Waals surface area contributed by atoms with E-state index in [1.54, 1.807) is 35.7 Å².